The average molecular weight is 280 g/mol. The Morgan fingerprint density at radius 1 is 1.30 bits per heavy atom. The van der Waals surface area contributed by atoms with Crippen molar-refractivity contribution in [3.63, 3.8) is 0 Å². The number of rotatable bonds is 7. The lowest BCUT2D eigenvalue weighted by Gasteiger charge is -2.20. The van der Waals surface area contributed by atoms with E-state index in [0.29, 0.717) is 30.6 Å². The lowest BCUT2D eigenvalue weighted by Crippen LogP contribution is -2.37. The number of carbonyl (C=O) groups is 1. The summed E-state index contributed by atoms with van der Waals surface area (Å²) < 4.78 is 10.6. The molecule has 0 heterocycles. The second kappa shape index (κ2) is 7.75. The van der Waals surface area contributed by atoms with Crippen LogP contribution in [0.5, 0.6) is 11.5 Å². The summed E-state index contributed by atoms with van der Waals surface area (Å²) in [5.41, 5.74) is 0.923. The topological polar surface area (TPSA) is 50.8 Å². The first-order valence-electron chi connectivity index (χ1n) is 6.66. The van der Waals surface area contributed by atoms with E-state index in [1.54, 1.807) is 26.2 Å². The molecule has 0 saturated carbocycles. The van der Waals surface area contributed by atoms with Crippen LogP contribution in [0.15, 0.2) is 18.2 Å². The maximum Gasteiger partial charge on any atom is 0.236 e. The number of hydrogen-bond donors (Lipinski definition) is 1. The van der Waals surface area contributed by atoms with E-state index in [4.69, 9.17) is 9.47 Å². The van der Waals surface area contributed by atoms with E-state index in [1.807, 2.05) is 32.0 Å². The zero-order chi connectivity index (χ0) is 15.1. The number of amides is 1. The Labute approximate surface area is 120 Å². The van der Waals surface area contributed by atoms with Crippen molar-refractivity contribution >= 4 is 5.91 Å². The molecule has 20 heavy (non-hydrogen) atoms. The van der Waals surface area contributed by atoms with Crippen LogP contribution in [0.3, 0.4) is 0 Å². The van der Waals surface area contributed by atoms with Crippen molar-refractivity contribution in [2.45, 2.75) is 26.4 Å². The van der Waals surface area contributed by atoms with Gasteiger partial charge >= 0.3 is 0 Å². The first-order valence-corrected chi connectivity index (χ1v) is 6.66. The summed E-state index contributed by atoms with van der Waals surface area (Å²) in [6.07, 6.45) is 0. The molecule has 0 unspecified atom stereocenters. The molecule has 0 aromatic heterocycles. The highest BCUT2D eigenvalue weighted by Gasteiger charge is 2.14. The monoisotopic (exact) mass is 280 g/mol. The molecule has 0 fully saturated rings. The number of para-hydroxylation sites is 1. The molecule has 0 aliphatic heterocycles. The molecule has 0 spiro atoms. The first-order chi connectivity index (χ1) is 9.49. The summed E-state index contributed by atoms with van der Waals surface area (Å²) in [5, 5.41) is 3.12. The molecule has 0 aliphatic carbocycles. The molecule has 0 radical (unpaired) electrons. The zero-order valence-electron chi connectivity index (χ0n) is 12.9. The molecule has 1 N–H and O–H groups in total. The molecule has 5 nitrogen and oxygen atoms in total. The highest BCUT2D eigenvalue weighted by atomic mass is 16.5. The number of nitrogens with one attached hydrogen (secondary N) is 1. The van der Waals surface area contributed by atoms with Crippen LogP contribution in [0, 0.1) is 0 Å². The Hall–Kier alpha value is -1.75. The van der Waals surface area contributed by atoms with E-state index in [-0.39, 0.29) is 5.91 Å². The van der Waals surface area contributed by atoms with Crippen molar-refractivity contribution in [2.24, 2.45) is 0 Å². The average Bonchev–Trinajstić information content (AvgIpc) is 2.44. The highest BCUT2D eigenvalue weighted by molar-refractivity contribution is 5.78. The lowest BCUT2D eigenvalue weighted by molar-refractivity contribution is -0.129. The van der Waals surface area contributed by atoms with Crippen molar-refractivity contribution in [3.8, 4) is 11.5 Å². The SMILES string of the molecule is COc1cccc(CN(C)C(=O)CNC(C)C)c1OC. The molecule has 0 saturated heterocycles. The molecule has 1 aromatic rings. The summed E-state index contributed by atoms with van der Waals surface area (Å²) in [4.78, 5) is 13.7. The van der Waals surface area contributed by atoms with Crippen LogP contribution < -0.4 is 14.8 Å². The van der Waals surface area contributed by atoms with Crippen LogP contribution in [-0.4, -0.2) is 44.7 Å². The summed E-state index contributed by atoms with van der Waals surface area (Å²) in [5.74, 6) is 1.39. The third kappa shape index (κ3) is 4.42. The van der Waals surface area contributed by atoms with Crippen molar-refractivity contribution in [2.75, 3.05) is 27.8 Å². The number of benzene rings is 1. The summed E-state index contributed by atoms with van der Waals surface area (Å²) in [7, 11) is 4.98. The first kappa shape index (κ1) is 16.3. The third-order valence-corrected chi connectivity index (χ3v) is 2.98. The van der Waals surface area contributed by atoms with Gasteiger partial charge in [-0.05, 0) is 6.07 Å². The van der Waals surface area contributed by atoms with Gasteiger partial charge in [-0.3, -0.25) is 4.79 Å². The Kier molecular flexibility index (Phi) is 6.31. The van der Waals surface area contributed by atoms with Gasteiger partial charge in [-0.25, -0.2) is 0 Å². The lowest BCUT2D eigenvalue weighted by atomic mass is 10.1. The second-order valence-corrected chi connectivity index (χ2v) is 4.94. The number of methoxy groups -OCH3 is 2. The minimum absolute atomic E-state index is 0.0450. The van der Waals surface area contributed by atoms with Crippen LogP contribution in [0.2, 0.25) is 0 Å². The minimum Gasteiger partial charge on any atom is -0.493 e. The number of carbonyl (C=O) groups excluding carboxylic acids is 1. The third-order valence-electron chi connectivity index (χ3n) is 2.98. The van der Waals surface area contributed by atoms with Gasteiger partial charge in [0.1, 0.15) is 0 Å². The van der Waals surface area contributed by atoms with Crippen LogP contribution in [-0.2, 0) is 11.3 Å². The van der Waals surface area contributed by atoms with E-state index in [0.717, 1.165) is 5.56 Å². The molecule has 1 amide bonds. The number of nitrogens with zero attached hydrogens (tertiary/aromatic N) is 1. The molecular formula is C15H24N2O3. The molecule has 5 heteroatoms. The number of hydrogen-bond acceptors (Lipinski definition) is 4. The molecule has 0 bridgehead atoms. The van der Waals surface area contributed by atoms with Gasteiger partial charge in [-0.15, -0.1) is 0 Å². The smallest absolute Gasteiger partial charge is 0.236 e. The van der Waals surface area contributed by atoms with E-state index in [2.05, 4.69) is 5.32 Å². The second-order valence-electron chi connectivity index (χ2n) is 4.94. The predicted molar refractivity (Wildman–Crippen MR) is 79.2 cm³/mol. The van der Waals surface area contributed by atoms with Crippen LogP contribution in [0.1, 0.15) is 19.4 Å². The largest absolute Gasteiger partial charge is 0.493 e. The predicted octanol–water partition coefficient (Wildman–Crippen LogP) is 1.66. The summed E-state index contributed by atoms with van der Waals surface area (Å²) in [6, 6.07) is 5.95. The number of likely N-dealkylation sites (N-methyl/N-ethyl adjacent to an activating group) is 1. The fraction of sp³-hybridized carbons (Fsp3) is 0.533. The van der Waals surface area contributed by atoms with Crippen LogP contribution >= 0.6 is 0 Å². The Balaban J connectivity index is 2.75. The van der Waals surface area contributed by atoms with Gasteiger partial charge in [0.25, 0.3) is 0 Å². The van der Waals surface area contributed by atoms with Crippen molar-refractivity contribution in [3.05, 3.63) is 23.8 Å². The van der Waals surface area contributed by atoms with E-state index in [1.165, 1.54) is 0 Å². The summed E-state index contributed by atoms with van der Waals surface area (Å²) >= 11 is 0. The molecule has 112 valence electrons. The van der Waals surface area contributed by atoms with Gasteiger partial charge in [0.2, 0.25) is 5.91 Å². The van der Waals surface area contributed by atoms with Crippen molar-refractivity contribution < 1.29 is 14.3 Å². The zero-order valence-corrected chi connectivity index (χ0v) is 12.9. The molecular weight excluding hydrogens is 256 g/mol. The molecule has 0 atom stereocenters. The van der Waals surface area contributed by atoms with Crippen LogP contribution in [0.4, 0.5) is 0 Å². The molecule has 1 rings (SSSR count). The van der Waals surface area contributed by atoms with Gasteiger partial charge in [0, 0.05) is 25.2 Å². The summed E-state index contributed by atoms with van der Waals surface area (Å²) in [6.45, 7) is 4.84. The molecule has 0 aliphatic rings. The van der Waals surface area contributed by atoms with Crippen LogP contribution in [0.25, 0.3) is 0 Å². The highest BCUT2D eigenvalue weighted by Crippen LogP contribution is 2.31. The Morgan fingerprint density at radius 2 is 2.00 bits per heavy atom. The standard InChI is InChI=1S/C15H24N2O3/c1-11(2)16-9-14(18)17(3)10-12-7-6-8-13(19-4)15(12)20-5/h6-8,11,16H,9-10H2,1-5H3. The van der Waals surface area contributed by atoms with E-state index < -0.39 is 0 Å². The van der Waals surface area contributed by atoms with E-state index >= 15 is 0 Å². The fourth-order valence-corrected chi connectivity index (χ4v) is 1.85. The van der Waals surface area contributed by atoms with Crippen molar-refractivity contribution in [1.29, 1.82) is 0 Å². The number of ether oxygens (including phenoxy) is 2. The van der Waals surface area contributed by atoms with Gasteiger partial charge in [0.15, 0.2) is 11.5 Å². The van der Waals surface area contributed by atoms with Gasteiger partial charge < -0.3 is 19.7 Å². The maximum atomic E-state index is 12.0. The Bertz CT molecular complexity index is 447. The normalized spacial score (nSPS) is 10.5. The van der Waals surface area contributed by atoms with Crippen molar-refractivity contribution in [1.82, 2.24) is 10.2 Å². The van der Waals surface area contributed by atoms with Gasteiger partial charge in [-0.2, -0.15) is 0 Å². The van der Waals surface area contributed by atoms with E-state index in [9.17, 15) is 4.79 Å². The molecule has 1 aromatic carbocycles. The fourth-order valence-electron chi connectivity index (χ4n) is 1.85. The van der Waals surface area contributed by atoms with Gasteiger partial charge in [0.05, 0.1) is 20.8 Å². The minimum atomic E-state index is 0.0450. The maximum absolute atomic E-state index is 12.0. The van der Waals surface area contributed by atoms with Gasteiger partial charge in [-0.1, -0.05) is 26.0 Å². The Morgan fingerprint density at radius 3 is 2.55 bits per heavy atom. The quantitative estimate of drug-likeness (QED) is 0.825.